The van der Waals surface area contributed by atoms with Gasteiger partial charge in [-0.2, -0.15) is 0 Å². The van der Waals surface area contributed by atoms with Gasteiger partial charge in [0.1, 0.15) is 11.5 Å². The fraction of sp³-hybridized carbons (Fsp3) is 0.471. The van der Waals surface area contributed by atoms with Crippen molar-refractivity contribution in [3.05, 3.63) is 46.4 Å². The van der Waals surface area contributed by atoms with E-state index < -0.39 is 0 Å². The van der Waals surface area contributed by atoms with Gasteiger partial charge in [-0.05, 0) is 57.4 Å². The lowest BCUT2D eigenvalue weighted by molar-refractivity contribution is -0.118. The molecule has 0 aromatic carbocycles. The fourth-order valence-electron chi connectivity index (χ4n) is 2.80. The predicted octanol–water partition coefficient (Wildman–Crippen LogP) is 4.79. The van der Waals surface area contributed by atoms with Crippen LogP contribution in [0, 0.1) is 0 Å². The van der Waals surface area contributed by atoms with E-state index in [1.54, 1.807) is 6.26 Å². The maximum absolute atomic E-state index is 12.2. The van der Waals surface area contributed by atoms with Crippen molar-refractivity contribution in [2.75, 3.05) is 0 Å². The van der Waals surface area contributed by atoms with E-state index in [0.29, 0.717) is 18.6 Å². The highest BCUT2D eigenvalue weighted by Gasteiger charge is 2.27. The zero-order chi connectivity index (χ0) is 14.0. The number of hydrogen-bond acceptors (Lipinski definition) is 2. The Morgan fingerprint density at radius 1 is 1.11 bits per heavy atom. The Morgan fingerprint density at radius 2 is 1.79 bits per heavy atom. The van der Waals surface area contributed by atoms with Crippen molar-refractivity contribution in [1.29, 1.82) is 0 Å². The van der Waals surface area contributed by atoms with Crippen molar-refractivity contribution < 1.29 is 9.21 Å². The third-order valence-corrected chi connectivity index (χ3v) is 3.82. The highest BCUT2D eigenvalue weighted by molar-refractivity contribution is 5.84. The van der Waals surface area contributed by atoms with Crippen molar-refractivity contribution in [3.63, 3.8) is 0 Å². The number of hydrogen-bond donors (Lipinski definition) is 0. The van der Waals surface area contributed by atoms with Gasteiger partial charge in [0.2, 0.25) is 0 Å². The minimum absolute atomic E-state index is 0.184. The highest BCUT2D eigenvalue weighted by Crippen LogP contribution is 2.38. The second kappa shape index (κ2) is 5.60. The molecule has 1 atom stereocenters. The average Bonchev–Trinajstić information content (AvgIpc) is 2.79. The number of rotatable bonds is 1. The van der Waals surface area contributed by atoms with Gasteiger partial charge in [-0.1, -0.05) is 11.1 Å². The lowest BCUT2D eigenvalue weighted by Gasteiger charge is -2.15. The molecule has 1 aliphatic rings. The number of carbonyl (C=O) groups is 1. The summed E-state index contributed by atoms with van der Waals surface area (Å²) in [5, 5.41) is 0. The van der Waals surface area contributed by atoms with Crippen molar-refractivity contribution in [2.45, 2.75) is 52.9 Å². The summed E-state index contributed by atoms with van der Waals surface area (Å²) >= 11 is 0. The Hall–Kier alpha value is -1.57. The van der Waals surface area contributed by atoms with E-state index >= 15 is 0 Å². The second-order valence-corrected chi connectivity index (χ2v) is 5.79. The molecule has 1 saturated carbocycles. The Balaban J connectivity index is 2.43. The quantitative estimate of drug-likeness (QED) is 0.678. The molecular formula is C17H22O2. The maximum Gasteiger partial charge on any atom is 0.138 e. The molecule has 1 aliphatic carbocycles. The summed E-state index contributed by atoms with van der Waals surface area (Å²) in [6, 6.07) is 3.88. The molecule has 1 heterocycles. The molecule has 2 nitrogen and oxygen atoms in total. The molecule has 2 rings (SSSR count). The second-order valence-electron chi connectivity index (χ2n) is 5.79. The normalized spacial score (nSPS) is 20.4. The van der Waals surface area contributed by atoms with Gasteiger partial charge in [-0.25, -0.2) is 0 Å². The third-order valence-electron chi connectivity index (χ3n) is 3.82. The molecule has 0 spiro atoms. The van der Waals surface area contributed by atoms with Crippen LogP contribution in [0.2, 0.25) is 0 Å². The molecule has 0 saturated heterocycles. The summed E-state index contributed by atoms with van der Waals surface area (Å²) in [5.41, 5.74) is 5.14. The first kappa shape index (κ1) is 13.9. The first-order chi connectivity index (χ1) is 8.99. The van der Waals surface area contributed by atoms with Gasteiger partial charge in [0.15, 0.2) is 0 Å². The molecule has 1 fully saturated rings. The van der Waals surface area contributed by atoms with E-state index in [4.69, 9.17) is 4.42 Å². The standard InChI is InChI=1S/C17H22O2/c1-11(2)15-9-13(17-6-5-7-19-17)8-14(18)10-16(15)12(3)4/h5-7,13H,8-10H2,1-4H3. The van der Waals surface area contributed by atoms with Crippen molar-refractivity contribution in [1.82, 2.24) is 0 Å². The van der Waals surface area contributed by atoms with Crippen LogP contribution in [0.1, 0.15) is 58.6 Å². The molecular weight excluding hydrogens is 236 g/mol. The molecule has 1 unspecified atom stereocenters. The van der Waals surface area contributed by atoms with Gasteiger partial charge in [-0.15, -0.1) is 0 Å². The Bertz CT molecular complexity index is 522. The van der Waals surface area contributed by atoms with E-state index in [9.17, 15) is 4.79 Å². The van der Waals surface area contributed by atoms with E-state index in [1.165, 1.54) is 22.3 Å². The van der Waals surface area contributed by atoms with Crippen LogP contribution >= 0.6 is 0 Å². The predicted molar refractivity (Wildman–Crippen MR) is 77.1 cm³/mol. The maximum atomic E-state index is 12.2. The topological polar surface area (TPSA) is 30.2 Å². The molecule has 0 radical (unpaired) electrons. The lowest BCUT2D eigenvalue weighted by Crippen LogP contribution is -2.02. The molecule has 0 amide bonds. The first-order valence-corrected chi connectivity index (χ1v) is 6.87. The summed E-state index contributed by atoms with van der Waals surface area (Å²) in [4.78, 5) is 12.2. The summed E-state index contributed by atoms with van der Waals surface area (Å²) in [7, 11) is 0. The van der Waals surface area contributed by atoms with Crippen LogP contribution in [0.5, 0.6) is 0 Å². The van der Waals surface area contributed by atoms with Gasteiger partial charge in [0, 0.05) is 18.8 Å². The molecule has 102 valence electrons. The molecule has 0 bridgehead atoms. The zero-order valence-electron chi connectivity index (χ0n) is 12.2. The molecule has 0 aliphatic heterocycles. The summed E-state index contributed by atoms with van der Waals surface area (Å²) in [6.07, 6.45) is 3.75. The average molecular weight is 258 g/mol. The Morgan fingerprint density at radius 3 is 2.32 bits per heavy atom. The minimum Gasteiger partial charge on any atom is -0.469 e. The van der Waals surface area contributed by atoms with Crippen LogP contribution in [0.15, 0.2) is 45.1 Å². The number of allylic oxidation sites excluding steroid dienone is 4. The van der Waals surface area contributed by atoms with Crippen LogP contribution in [0.4, 0.5) is 0 Å². The first-order valence-electron chi connectivity index (χ1n) is 6.87. The van der Waals surface area contributed by atoms with Crippen LogP contribution in [0.3, 0.4) is 0 Å². The third kappa shape index (κ3) is 3.06. The largest absolute Gasteiger partial charge is 0.469 e. The SMILES string of the molecule is CC(C)=C1CC(=O)CC(c2ccco2)CC1=C(C)C. The molecule has 1 aromatic heterocycles. The van der Waals surface area contributed by atoms with Gasteiger partial charge in [0.05, 0.1) is 6.26 Å². The Kier molecular flexibility index (Phi) is 4.08. The van der Waals surface area contributed by atoms with E-state index in [1.807, 2.05) is 12.1 Å². The van der Waals surface area contributed by atoms with Gasteiger partial charge in [0.25, 0.3) is 0 Å². The minimum atomic E-state index is 0.184. The number of ketones is 1. The van der Waals surface area contributed by atoms with Gasteiger partial charge >= 0.3 is 0 Å². The summed E-state index contributed by atoms with van der Waals surface area (Å²) < 4.78 is 5.51. The van der Waals surface area contributed by atoms with E-state index in [0.717, 1.165) is 12.2 Å². The molecule has 19 heavy (non-hydrogen) atoms. The number of furan rings is 1. The molecule has 1 aromatic rings. The number of carbonyl (C=O) groups excluding carboxylic acids is 1. The smallest absolute Gasteiger partial charge is 0.138 e. The van der Waals surface area contributed by atoms with Gasteiger partial charge < -0.3 is 4.42 Å². The fourth-order valence-corrected chi connectivity index (χ4v) is 2.80. The van der Waals surface area contributed by atoms with Crippen molar-refractivity contribution >= 4 is 5.78 Å². The van der Waals surface area contributed by atoms with Crippen LogP contribution in [-0.2, 0) is 4.79 Å². The summed E-state index contributed by atoms with van der Waals surface area (Å²) in [6.45, 7) is 8.46. The van der Waals surface area contributed by atoms with Crippen LogP contribution in [-0.4, -0.2) is 5.78 Å². The zero-order valence-corrected chi connectivity index (χ0v) is 12.2. The van der Waals surface area contributed by atoms with Crippen molar-refractivity contribution in [3.8, 4) is 0 Å². The summed E-state index contributed by atoms with van der Waals surface area (Å²) in [5.74, 6) is 1.43. The van der Waals surface area contributed by atoms with Crippen LogP contribution < -0.4 is 0 Å². The lowest BCUT2D eigenvalue weighted by atomic mass is 9.90. The molecule has 2 heteroatoms. The highest BCUT2D eigenvalue weighted by atomic mass is 16.3. The van der Waals surface area contributed by atoms with Crippen LogP contribution in [0.25, 0.3) is 0 Å². The Labute approximate surface area is 115 Å². The van der Waals surface area contributed by atoms with E-state index in [-0.39, 0.29) is 5.92 Å². The molecule has 0 N–H and O–H groups in total. The van der Waals surface area contributed by atoms with Crippen molar-refractivity contribution in [2.24, 2.45) is 0 Å². The van der Waals surface area contributed by atoms with Gasteiger partial charge in [-0.3, -0.25) is 4.79 Å². The monoisotopic (exact) mass is 258 g/mol. The van der Waals surface area contributed by atoms with E-state index in [2.05, 4.69) is 27.7 Å². The number of Topliss-reactive ketones (excluding diaryl/α,β-unsaturated/α-hetero) is 1.